The predicted molar refractivity (Wildman–Crippen MR) is 57.0 cm³/mol. The van der Waals surface area contributed by atoms with E-state index in [1.165, 1.54) is 5.12 Å². The van der Waals surface area contributed by atoms with Gasteiger partial charge in [-0.15, -0.1) is 0 Å². The van der Waals surface area contributed by atoms with E-state index in [9.17, 15) is 0 Å². The summed E-state index contributed by atoms with van der Waals surface area (Å²) in [5, 5.41) is 9.10. The number of pyridine rings is 1. The Labute approximate surface area is 82.7 Å². The van der Waals surface area contributed by atoms with Crippen molar-refractivity contribution in [2.45, 2.75) is 6.92 Å². The lowest BCUT2D eigenvalue weighted by molar-refractivity contribution is 0.398. The summed E-state index contributed by atoms with van der Waals surface area (Å²) in [6.07, 6.45) is 3.25. The Morgan fingerprint density at radius 2 is 2.43 bits per heavy atom. The first-order valence-corrected chi connectivity index (χ1v) is 4.07. The number of rotatable bonds is 4. The van der Waals surface area contributed by atoms with Crippen LogP contribution in [-0.4, -0.2) is 25.0 Å². The Morgan fingerprint density at radius 1 is 1.64 bits per heavy atom. The minimum atomic E-state index is 0.516. The quantitative estimate of drug-likeness (QED) is 0.536. The third-order valence-electron chi connectivity index (χ3n) is 1.52. The first kappa shape index (κ1) is 10.2. The van der Waals surface area contributed by atoms with Crippen molar-refractivity contribution in [2.24, 2.45) is 10.2 Å². The summed E-state index contributed by atoms with van der Waals surface area (Å²) in [5.41, 5.74) is 0.755. The molecule has 74 valence electrons. The summed E-state index contributed by atoms with van der Waals surface area (Å²) >= 11 is 0. The minimum absolute atomic E-state index is 0.516. The van der Waals surface area contributed by atoms with Gasteiger partial charge in [-0.25, -0.2) is 4.98 Å². The molecule has 0 aliphatic carbocycles. The smallest absolute Gasteiger partial charge is 0.215 e. The molecular weight excluding hydrogens is 180 g/mol. The second kappa shape index (κ2) is 4.96. The third-order valence-corrected chi connectivity index (χ3v) is 1.52. The van der Waals surface area contributed by atoms with Crippen molar-refractivity contribution in [3.8, 4) is 5.88 Å². The molecule has 5 heteroatoms. The lowest BCUT2D eigenvalue weighted by atomic mass is 10.4. The van der Waals surface area contributed by atoms with Crippen molar-refractivity contribution >= 4 is 18.6 Å². The van der Waals surface area contributed by atoms with Crippen molar-refractivity contribution in [3.05, 3.63) is 18.3 Å². The zero-order valence-corrected chi connectivity index (χ0v) is 8.21. The van der Waals surface area contributed by atoms with Gasteiger partial charge in [-0.2, -0.15) is 15.3 Å². The van der Waals surface area contributed by atoms with E-state index in [1.807, 2.05) is 0 Å². The normalized spacial score (nSPS) is 10.1. The van der Waals surface area contributed by atoms with Crippen LogP contribution < -0.4 is 9.85 Å². The van der Waals surface area contributed by atoms with Gasteiger partial charge in [0, 0.05) is 25.2 Å². The van der Waals surface area contributed by atoms with Crippen LogP contribution in [0, 0.1) is 0 Å². The molecule has 5 nitrogen and oxygen atoms in total. The highest BCUT2D eigenvalue weighted by atomic mass is 16.5. The molecule has 0 spiro atoms. The molecule has 1 heterocycles. The fourth-order valence-corrected chi connectivity index (χ4v) is 0.929. The molecule has 1 aromatic rings. The molecule has 0 N–H and O–H groups in total. The van der Waals surface area contributed by atoms with Gasteiger partial charge in [0.15, 0.2) is 0 Å². The highest BCUT2D eigenvalue weighted by Gasteiger charge is 2.02. The molecular formula is C9H12N4O. The van der Waals surface area contributed by atoms with Gasteiger partial charge >= 0.3 is 0 Å². The standard InChI is InChI=1S/C9H12N4O/c1-4-12-13(10-2)8-5-6-11-9(7-8)14-3/h4-7H,2H2,1,3H3/b12-4-. The maximum atomic E-state index is 4.98. The van der Waals surface area contributed by atoms with E-state index in [1.54, 1.807) is 38.6 Å². The van der Waals surface area contributed by atoms with Gasteiger partial charge in [0.2, 0.25) is 5.88 Å². The van der Waals surface area contributed by atoms with Crippen molar-refractivity contribution in [1.29, 1.82) is 0 Å². The van der Waals surface area contributed by atoms with Crippen molar-refractivity contribution in [1.82, 2.24) is 4.98 Å². The van der Waals surface area contributed by atoms with Crippen LogP contribution in [0.5, 0.6) is 5.88 Å². The molecule has 0 aliphatic heterocycles. The average molecular weight is 192 g/mol. The van der Waals surface area contributed by atoms with Gasteiger partial charge in [-0.3, -0.25) is 0 Å². The summed E-state index contributed by atoms with van der Waals surface area (Å²) in [7, 11) is 1.56. The van der Waals surface area contributed by atoms with E-state index in [-0.39, 0.29) is 0 Å². The molecule has 0 bridgehead atoms. The Morgan fingerprint density at radius 3 is 3.00 bits per heavy atom. The Balaban J connectivity index is 2.97. The predicted octanol–water partition coefficient (Wildman–Crippen LogP) is 1.52. The largest absolute Gasteiger partial charge is 0.481 e. The number of anilines is 1. The maximum Gasteiger partial charge on any atom is 0.215 e. The molecule has 0 radical (unpaired) electrons. The van der Waals surface area contributed by atoms with Gasteiger partial charge in [0.05, 0.1) is 12.8 Å². The topological polar surface area (TPSA) is 50.1 Å². The fraction of sp³-hybridized carbons (Fsp3) is 0.222. The number of ether oxygens (including phenoxy) is 1. The lowest BCUT2D eigenvalue weighted by Crippen LogP contribution is -2.07. The number of aromatic nitrogens is 1. The lowest BCUT2D eigenvalue weighted by Gasteiger charge is -2.11. The second-order valence-electron chi connectivity index (χ2n) is 2.36. The summed E-state index contributed by atoms with van der Waals surface area (Å²) < 4.78 is 4.98. The van der Waals surface area contributed by atoms with E-state index in [0.29, 0.717) is 5.88 Å². The van der Waals surface area contributed by atoms with Gasteiger partial charge < -0.3 is 4.74 Å². The average Bonchev–Trinajstić information content (AvgIpc) is 2.26. The Hall–Kier alpha value is -1.91. The van der Waals surface area contributed by atoms with Gasteiger partial charge in [0.1, 0.15) is 0 Å². The molecule has 0 aromatic carbocycles. The monoisotopic (exact) mass is 192 g/mol. The van der Waals surface area contributed by atoms with Crippen molar-refractivity contribution in [2.75, 3.05) is 12.2 Å². The van der Waals surface area contributed by atoms with Crippen LogP contribution in [-0.2, 0) is 0 Å². The van der Waals surface area contributed by atoms with E-state index in [0.717, 1.165) is 5.69 Å². The van der Waals surface area contributed by atoms with Crippen LogP contribution in [0.2, 0.25) is 0 Å². The molecule has 0 saturated heterocycles. The molecule has 1 aromatic heterocycles. The molecule has 0 fully saturated rings. The molecule has 0 saturated carbocycles. The number of hydrogen-bond acceptors (Lipinski definition) is 5. The number of methoxy groups -OCH3 is 1. The van der Waals surface area contributed by atoms with Gasteiger partial charge in [-0.1, -0.05) is 0 Å². The van der Waals surface area contributed by atoms with Crippen LogP contribution in [0.1, 0.15) is 6.92 Å². The zero-order valence-electron chi connectivity index (χ0n) is 8.21. The fourth-order valence-electron chi connectivity index (χ4n) is 0.929. The molecule has 0 amide bonds. The third kappa shape index (κ3) is 2.29. The summed E-state index contributed by atoms with van der Waals surface area (Å²) in [5.74, 6) is 0.516. The summed E-state index contributed by atoms with van der Waals surface area (Å²) in [6, 6.07) is 3.49. The number of hydrogen-bond donors (Lipinski definition) is 0. The second-order valence-corrected chi connectivity index (χ2v) is 2.36. The highest BCUT2D eigenvalue weighted by Crippen LogP contribution is 2.18. The van der Waals surface area contributed by atoms with E-state index in [4.69, 9.17) is 4.74 Å². The SMILES string of the molecule is C=NN(/N=C\C)c1ccnc(OC)c1. The molecule has 1 rings (SSSR count). The van der Waals surface area contributed by atoms with Crippen LogP contribution in [0.3, 0.4) is 0 Å². The van der Waals surface area contributed by atoms with Crippen LogP contribution in [0.25, 0.3) is 0 Å². The number of nitrogens with zero attached hydrogens (tertiary/aromatic N) is 4. The molecule has 0 aliphatic rings. The summed E-state index contributed by atoms with van der Waals surface area (Å²) in [6.45, 7) is 5.21. The highest BCUT2D eigenvalue weighted by molar-refractivity contribution is 5.58. The van der Waals surface area contributed by atoms with Gasteiger partial charge in [0.25, 0.3) is 0 Å². The van der Waals surface area contributed by atoms with Crippen LogP contribution >= 0.6 is 0 Å². The Kier molecular flexibility index (Phi) is 3.60. The van der Waals surface area contributed by atoms with Crippen molar-refractivity contribution < 1.29 is 4.74 Å². The van der Waals surface area contributed by atoms with Gasteiger partial charge in [-0.05, 0) is 13.0 Å². The zero-order chi connectivity index (χ0) is 10.4. The van der Waals surface area contributed by atoms with Crippen LogP contribution in [0.4, 0.5) is 5.69 Å². The van der Waals surface area contributed by atoms with Crippen LogP contribution in [0.15, 0.2) is 28.5 Å². The molecule has 0 atom stereocenters. The van der Waals surface area contributed by atoms with E-state index < -0.39 is 0 Å². The van der Waals surface area contributed by atoms with E-state index in [2.05, 4.69) is 21.9 Å². The minimum Gasteiger partial charge on any atom is -0.481 e. The molecule has 0 unspecified atom stereocenters. The van der Waals surface area contributed by atoms with E-state index >= 15 is 0 Å². The first-order valence-electron chi connectivity index (χ1n) is 4.07. The molecule has 14 heavy (non-hydrogen) atoms. The van der Waals surface area contributed by atoms with Crippen molar-refractivity contribution in [3.63, 3.8) is 0 Å². The first-order chi connectivity index (χ1) is 6.81. The Bertz CT molecular complexity index is 337. The number of hydrazone groups is 2. The summed E-state index contributed by atoms with van der Waals surface area (Å²) in [4.78, 5) is 3.97. The maximum absolute atomic E-state index is 4.98.